The second kappa shape index (κ2) is 7.41. The van der Waals surface area contributed by atoms with E-state index in [2.05, 4.69) is 45.5 Å². The van der Waals surface area contributed by atoms with Crippen molar-refractivity contribution in [1.82, 2.24) is 0 Å². The number of carbonyl (C=O) groups excluding carboxylic acids is 1. The van der Waals surface area contributed by atoms with Crippen LogP contribution in [0, 0.1) is 5.92 Å². The number of hydrogen-bond donors (Lipinski definition) is 1. The first-order chi connectivity index (χ1) is 12.7. The number of esters is 1. The lowest BCUT2D eigenvalue weighted by Gasteiger charge is -2.43. The number of ether oxygens (including phenoxy) is 2. The molecule has 2 aliphatic rings. The van der Waals surface area contributed by atoms with Gasteiger partial charge in [-0.05, 0) is 55.7 Å². The van der Waals surface area contributed by atoms with Gasteiger partial charge in [0.25, 0.3) is 0 Å². The van der Waals surface area contributed by atoms with E-state index in [1.54, 1.807) is 0 Å². The number of nitrogens with one attached hydrogen (secondary N) is 1. The fraction of sp³-hybridized carbons (Fsp3) is 0.381. The minimum absolute atomic E-state index is 0.00280. The van der Waals surface area contributed by atoms with Gasteiger partial charge in [-0.3, -0.25) is 0 Å². The molecule has 0 unspecified atom stereocenters. The van der Waals surface area contributed by atoms with Crippen LogP contribution in [0.5, 0.6) is 0 Å². The lowest BCUT2D eigenvalue weighted by Crippen LogP contribution is -2.36. The van der Waals surface area contributed by atoms with Crippen molar-refractivity contribution in [2.45, 2.75) is 31.9 Å². The van der Waals surface area contributed by atoms with Gasteiger partial charge in [-0.2, -0.15) is 0 Å². The standard InChI is InChI=1S/C21H22BrNO3/c1-2-25-21(24)14-7-10-18-17(12-14)20-16(4-3-11-26-20)19(23-18)13-5-8-15(22)9-6-13/h5-10,12,16,19-20,23H,2-4,11H2,1H3/t16-,19+,20-/m1/s1. The van der Waals surface area contributed by atoms with Crippen molar-refractivity contribution < 1.29 is 14.3 Å². The van der Waals surface area contributed by atoms with Gasteiger partial charge in [-0.1, -0.05) is 28.1 Å². The third kappa shape index (κ3) is 3.26. The Balaban J connectivity index is 1.71. The lowest BCUT2D eigenvalue weighted by molar-refractivity contribution is -0.0381. The van der Waals surface area contributed by atoms with Gasteiger partial charge < -0.3 is 14.8 Å². The predicted octanol–water partition coefficient (Wildman–Crippen LogP) is 5.26. The van der Waals surface area contributed by atoms with E-state index < -0.39 is 0 Å². The molecule has 0 spiro atoms. The first-order valence-corrected chi connectivity index (χ1v) is 9.91. The molecule has 2 aromatic rings. The number of carbonyl (C=O) groups is 1. The van der Waals surface area contributed by atoms with Crippen LogP contribution in [0.15, 0.2) is 46.9 Å². The normalized spacial score (nSPS) is 24.2. The highest BCUT2D eigenvalue weighted by Gasteiger charge is 2.40. The smallest absolute Gasteiger partial charge is 0.338 e. The number of anilines is 1. The molecule has 136 valence electrons. The minimum atomic E-state index is -0.280. The topological polar surface area (TPSA) is 47.6 Å². The van der Waals surface area contributed by atoms with Crippen LogP contribution in [-0.2, 0) is 9.47 Å². The van der Waals surface area contributed by atoms with Crippen molar-refractivity contribution >= 4 is 27.6 Å². The van der Waals surface area contributed by atoms with Gasteiger partial charge in [0.2, 0.25) is 0 Å². The Bertz CT molecular complexity index is 805. The highest BCUT2D eigenvalue weighted by molar-refractivity contribution is 9.10. The number of halogens is 1. The molecule has 2 aliphatic heterocycles. The molecule has 0 bridgehead atoms. The molecule has 1 N–H and O–H groups in total. The van der Waals surface area contributed by atoms with Gasteiger partial charge in [-0.25, -0.2) is 4.79 Å². The van der Waals surface area contributed by atoms with Crippen molar-refractivity contribution in [2.75, 3.05) is 18.5 Å². The summed E-state index contributed by atoms with van der Waals surface area (Å²) in [6.45, 7) is 2.96. The van der Waals surface area contributed by atoms with E-state index in [1.165, 1.54) is 5.56 Å². The Hall–Kier alpha value is -1.85. The maximum atomic E-state index is 12.1. The van der Waals surface area contributed by atoms with E-state index in [1.807, 2.05) is 25.1 Å². The van der Waals surface area contributed by atoms with Crippen LogP contribution >= 0.6 is 15.9 Å². The van der Waals surface area contributed by atoms with Gasteiger partial charge in [0.1, 0.15) is 0 Å². The van der Waals surface area contributed by atoms with Crippen LogP contribution in [0.4, 0.5) is 5.69 Å². The first-order valence-electron chi connectivity index (χ1n) is 9.12. The zero-order valence-electron chi connectivity index (χ0n) is 14.7. The molecule has 1 fully saturated rings. The van der Waals surface area contributed by atoms with Crippen LogP contribution in [0.2, 0.25) is 0 Å². The van der Waals surface area contributed by atoms with E-state index >= 15 is 0 Å². The molecule has 5 heteroatoms. The van der Waals surface area contributed by atoms with Gasteiger partial charge in [0.05, 0.1) is 24.3 Å². The highest BCUT2D eigenvalue weighted by atomic mass is 79.9. The summed E-state index contributed by atoms with van der Waals surface area (Å²) in [4.78, 5) is 12.1. The third-order valence-corrected chi connectivity index (χ3v) is 5.73. The van der Waals surface area contributed by atoms with E-state index in [0.717, 1.165) is 35.2 Å². The van der Waals surface area contributed by atoms with Crippen molar-refractivity contribution in [3.63, 3.8) is 0 Å². The van der Waals surface area contributed by atoms with E-state index in [0.29, 0.717) is 18.1 Å². The maximum absolute atomic E-state index is 12.1. The maximum Gasteiger partial charge on any atom is 0.338 e. The Labute approximate surface area is 162 Å². The summed E-state index contributed by atoms with van der Waals surface area (Å²) >= 11 is 3.51. The summed E-state index contributed by atoms with van der Waals surface area (Å²) in [6, 6.07) is 14.4. The fourth-order valence-electron chi connectivity index (χ4n) is 4.01. The molecule has 2 heterocycles. The largest absolute Gasteiger partial charge is 0.462 e. The molecule has 0 saturated carbocycles. The van der Waals surface area contributed by atoms with Crippen molar-refractivity contribution in [2.24, 2.45) is 5.92 Å². The minimum Gasteiger partial charge on any atom is -0.462 e. The van der Waals surface area contributed by atoms with E-state index in [4.69, 9.17) is 9.47 Å². The summed E-state index contributed by atoms with van der Waals surface area (Å²) in [5, 5.41) is 3.68. The zero-order chi connectivity index (χ0) is 18.1. The second-order valence-corrected chi connectivity index (χ2v) is 7.71. The summed E-state index contributed by atoms with van der Waals surface area (Å²) in [7, 11) is 0. The van der Waals surface area contributed by atoms with E-state index in [-0.39, 0.29) is 18.1 Å². The number of rotatable bonds is 3. The molecule has 4 rings (SSSR count). The number of benzene rings is 2. The Morgan fingerprint density at radius 3 is 2.85 bits per heavy atom. The molecule has 3 atom stereocenters. The van der Waals surface area contributed by atoms with Gasteiger partial charge in [0.15, 0.2) is 0 Å². The first kappa shape index (κ1) is 17.6. The predicted molar refractivity (Wildman–Crippen MR) is 104 cm³/mol. The summed E-state index contributed by atoms with van der Waals surface area (Å²) in [5.74, 6) is 0.0626. The molecule has 0 aliphatic carbocycles. The van der Waals surface area contributed by atoms with E-state index in [9.17, 15) is 4.79 Å². The van der Waals surface area contributed by atoms with Crippen LogP contribution < -0.4 is 5.32 Å². The lowest BCUT2D eigenvalue weighted by atomic mass is 9.77. The average molecular weight is 416 g/mol. The number of hydrogen-bond acceptors (Lipinski definition) is 4. The van der Waals surface area contributed by atoms with Crippen molar-refractivity contribution in [3.05, 3.63) is 63.6 Å². The van der Waals surface area contributed by atoms with Crippen LogP contribution in [0.3, 0.4) is 0 Å². The number of fused-ring (bicyclic) bond motifs is 3. The quantitative estimate of drug-likeness (QED) is 0.694. The molecule has 0 amide bonds. The van der Waals surface area contributed by atoms with Crippen LogP contribution in [0.1, 0.15) is 53.4 Å². The van der Waals surface area contributed by atoms with Gasteiger partial charge in [0, 0.05) is 28.2 Å². The Kier molecular flexibility index (Phi) is 5.00. The molecule has 0 radical (unpaired) electrons. The van der Waals surface area contributed by atoms with Gasteiger partial charge >= 0.3 is 5.97 Å². The molecular weight excluding hydrogens is 394 g/mol. The molecule has 4 nitrogen and oxygen atoms in total. The van der Waals surface area contributed by atoms with Gasteiger partial charge in [-0.15, -0.1) is 0 Å². The summed E-state index contributed by atoms with van der Waals surface area (Å²) < 4.78 is 12.4. The van der Waals surface area contributed by atoms with Crippen LogP contribution in [-0.4, -0.2) is 19.2 Å². The SMILES string of the molecule is CCOC(=O)c1ccc2c(c1)[C@@H]1OCCC[C@@H]1[C@H](c1ccc(Br)cc1)N2. The van der Waals surface area contributed by atoms with Crippen LogP contribution in [0.25, 0.3) is 0 Å². The molecule has 0 aromatic heterocycles. The molecular formula is C21H22BrNO3. The molecule has 26 heavy (non-hydrogen) atoms. The Morgan fingerprint density at radius 1 is 1.27 bits per heavy atom. The van der Waals surface area contributed by atoms with Crippen molar-refractivity contribution in [1.29, 1.82) is 0 Å². The second-order valence-electron chi connectivity index (χ2n) is 6.79. The summed E-state index contributed by atoms with van der Waals surface area (Å²) in [5.41, 5.74) is 3.94. The fourth-order valence-corrected chi connectivity index (χ4v) is 4.28. The molecule has 2 aromatic carbocycles. The average Bonchev–Trinajstić information content (AvgIpc) is 2.68. The monoisotopic (exact) mass is 415 g/mol. The Morgan fingerprint density at radius 2 is 2.08 bits per heavy atom. The zero-order valence-corrected chi connectivity index (χ0v) is 16.3. The summed E-state index contributed by atoms with van der Waals surface area (Å²) in [6.07, 6.45) is 2.16. The third-order valence-electron chi connectivity index (χ3n) is 5.21. The highest BCUT2D eigenvalue weighted by Crippen LogP contribution is 2.49. The van der Waals surface area contributed by atoms with Crippen molar-refractivity contribution in [3.8, 4) is 0 Å². The molecule has 1 saturated heterocycles.